The average Bonchev–Trinajstić information content (AvgIpc) is 2.66. The van der Waals surface area contributed by atoms with Gasteiger partial charge in [0.1, 0.15) is 5.52 Å². The molecule has 0 atom stereocenters. The summed E-state index contributed by atoms with van der Waals surface area (Å²) in [5, 5.41) is 12.8. The van der Waals surface area contributed by atoms with Crippen molar-refractivity contribution in [3.8, 4) is 0 Å². The number of non-ortho nitro benzene ring substituents is 1. The lowest BCUT2D eigenvalue weighted by Crippen LogP contribution is -1.88. The predicted molar refractivity (Wildman–Crippen MR) is 70.2 cm³/mol. The summed E-state index contributed by atoms with van der Waals surface area (Å²) in [4.78, 5) is 13.7. The number of nitro groups is 1. The molecule has 0 aliphatic carbocycles. The lowest BCUT2D eigenvalue weighted by Gasteiger charge is -1.93. The van der Waals surface area contributed by atoms with Crippen LogP contribution in [-0.4, -0.2) is 9.91 Å². The number of halogens is 1. The van der Waals surface area contributed by atoms with Gasteiger partial charge in [-0.2, -0.15) is 0 Å². The van der Waals surface area contributed by atoms with E-state index in [1.165, 1.54) is 6.07 Å². The number of nitrogens with one attached hydrogen (secondary N) is 1. The van der Waals surface area contributed by atoms with Gasteiger partial charge in [0.2, 0.25) is 0 Å². The van der Waals surface area contributed by atoms with Crippen LogP contribution in [0.5, 0.6) is 0 Å². The van der Waals surface area contributed by atoms with Gasteiger partial charge in [-0.15, -0.1) is 0 Å². The zero-order chi connectivity index (χ0) is 12.0. The van der Waals surface area contributed by atoms with Gasteiger partial charge in [0.25, 0.3) is 5.69 Å². The minimum atomic E-state index is -0.368. The summed E-state index contributed by atoms with van der Waals surface area (Å²) in [5.74, 6) is 0. The molecule has 1 aromatic heterocycles. The van der Waals surface area contributed by atoms with E-state index in [1.807, 2.05) is 24.3 Å². The van der Waals surface area contributed by atoms with Crippen molar-refractivity contribution in [3.05, 3.63) is 51.0 Å². The number of benzene rings is 2. The Bertz CT molecular complexity index is 749. The summed E-state index contributed by atoms with van der Waals surface area (Å²) in [6.45, 7) is 0. The number of para-hydroxylation sites is 1. The SMILES string of the molecule is O=[N+]([O-])c1cccc2c1[nH]c1ccc(Br)cc12. The maximum absolute atomic E-state index is 10.9. The van der Waals surface area contributed by atoms with Crippen LogP contribution in [0.1, 0.15) is 0 Å². The molecular formula is C12H7BrN2O2. The Hall–Kier alpha value is -1.88. The van der Waals surface area contributed by atoms with Crippen LogP contribution in [0.4, 0.5) is 5.69 Å². The molecule has 0 saturated heterocycles. The molecule has 0 fully saturated rings. The summed E-state index contributed by atoms with van der Waals surface area (Å²) in [6.07, 6.45) is 0. The number of H-pyrrole nitrogens is 1. The largest absolute Gasteiger partial charge is 0.349 e. The van der Waals surface area contributed by atoms with Crippen molar-refractivity contribution in [1.82, 2.24) is 4.98 Å². The van der Waals surface area contributed by atoms with Crippen LogP contribution < -0.4 is 0 Å². The molecule has 2 aromatic carbocycles. The second-order valence-corrected chi connectivity index (χ2v) is 4.69. The number of fused-ring (bicyclic) bond motifs is 3. The van der Waals surface area contributed by atoms with Crippen molar-refractivity contribution in [1.29, 1.82) is 0 Å². The molecule has 0 amide bonds. The highest BCUT2D eigenvalue weighted by Gasteiger charge is 2.15. The first-order valence-electron chi connectivity index (χ1n) is 5.01. The van der Waals surface area contributed by atoms with Crippen molar-refractivity contribution in [3.63, 3.8) is 0 Å². The fourth-order valence-electron chi connectivity index (χ4n) is 2.03. The van der Waals surface area contributed by atoms with Crippen LogP contribution in [0.3, 0.4) is 0 Å². The van der Waals surface area contributed by atoms with E-state index in [9.17, 15) is 10.1 Å². The number of hydrogen-bond acceptors (Lipinski definition) is 2. The summed E-state index contributed by atoms with van der Waals surface area (Å²) in [7, 11) is 0. The fourth-order valence-corrected chi connectivity index (χ4v) is 2.39. The van der Waals surface area contributed by atoms with E-state index >= 15 is 0 Å². The third-order valence-corrected chi connectivity index (χ3v) is 3.26. The lowest BCUT2D eigenvalue weighted by molar-refractivity contribution is -0.383. The number of hydrogen-bond donors (Lipinski definition) is 1. The summed E-state index contributed by atoms with van der Waals surface area (Å²) < 4.78 is 0.956. The summed E-state index contributed by atoms with van der Waals surface area (Å²) >= 11 is 3.40. The van der Waals surface area contributed by atoms with Gasteiger partial charge in [-0.3, -0.25) is 10.1 Å². The molecule has 0 radical (unpaired) electrons. The Morgan fingerprint density at radius 2 is 2.00 bits per heavy atom. The summed E-state index contributed by atoms with van der Waals surface area (Å²) in [5.41, 5.74) is 1.58. The van der Waals surface area contributed by atoms with E-state index in [0.29, 0.717) is 5.52 Å². The highest BCUT2D eigenvalue weighted by molar-refractivity contribution is 9.10. The van der Waals surface area contributed by atoms with Crippen LogP contribution >= 0.6 is 15.9 Å². The molecule has 3 aromatic rings. The lowest BCUT2D eigenvalue weighted by atomic mass is 10.1. The van der Waals surface area contributed by atoms with Gasteiger partial charge >= 0.3 is 0 Å². The Labute approximate surface area is 105 Å². The maximum Gasteiger partial charge on any atom is 0.293 e. The van der Waals surface area contributed by atoms with Gasteiger partial charge in [0, 0.05) is 26.8 Å². The molecule has 0 spiro atoms. The maximum atomic E-state index is 10.9. The number of nitro benzene ring substituents is 1. The van der Waals surface area contributed by atoms with Gasteiger partial charge in [-0.05, 0) is 18.2 Å². The van der Waals surface area contributed by atoms with Gasteiger partial charge in [0.05, 0.1) is 4.92 Å². The molecule has 0 aliphatic rings. The highest BCUT2D eigenvalue weighted by Crippen LogP contribution is 2.32. The minimum absolute atomic E-state index is 0.106. The van der Waals surface area contributed by atoms with Crippen LogP contribution in [0.25, 0.3) is 21.8 Å². The minimum Gasteiger partial charge on any atom is -0.349 e. The first-order valence-corrected chi connectivity index (χ1v) is 5.80. The molecule has 84 valence electrons. The Morgan fingerprint density at radius 1 is 1.18 bits per heavy atom. The Kier molecular flexibility index (Phi) is 2.16. The standard InChI is InChI=1S/C12H7BrN2O2/c13-7-4-5-10-9(6-7)8-2-1-3-11(15(16)17)12(8)14-10/h1-6,14H. The predicted octanol–water partition coefficient (Wildman–Crippen LogP) is 3.99. The van der Waals surface area contributed by atoms with Crippen molar-refractivity contribution >= 4 is 43.4 Å². The molecule has 0 bridgehead atoms. The number of rotatable bonds is 1. The number of aromatic amines is 1. The quantitative estimate of drug-likeness (QED) is 0.544. The third-order valence-electron chi connectivity index (χ3n) is 2.77. The molecule has 0 unspecified atom stereocenters. The molecular weight excluding hydrogens is 284 g/mol. The average molecular weight is 291 g/mol. The molecule has 3 rings (SSSR count). The molecule has 0 aliphatic heterocycles. The monoisotopic (exact) mass is 290 g/mol. The fraction of sp³-hybridized carbons (Fsp3) is 0. The van der Waals surface area contributed by atoms with Crippen LogP contribution in [0.15, 0.2) is 40.9 Å². The second kappa shape index (κ2) is 3.56. The first kappa shape index (κ1) is 10.3. The van der Waals surface area contributed by atoms with E-state index in [1.54, 1.807) is 6.07 Å². The molecule has 1 N–H and O–H groups in total. The summed E-state index contributed by atoms with van der Waals surface area (Å²) in [6, 6.07) is 10.9. The molecule has 4 nitrogen and oxygen atoms in total. The zero-order valence-electron chi connectivity index (χ0n) is 8.61. The zero-order valence-corrected chi connectivity index (χ0v) is 10.2. The number of aromatic nitrogens is 1. The smallest absolute Gasteiger partial charge is 0.293 e. The van der Waals surface area contributed by atoms with Crippen molar-refractivity contribution in [2.24, 2.45) is 0 Å². The van der Waals surface area contributed by atoms with Crippen LogP contribution in [0.2, 0.25) is 0 Å². The highest BCUT2D eigenvalue weighted by atomic mass is 79.9. The first-order chi connectivity index (χ1) is 8.16. The van der Waals surface area contributed by atoms with E-state index < -0.39 is 0 Å². The van der Waals surface area contributed by atoms with Crippen molar-refractivity contribution < 1.29 is 4.92 Å². The Morgan fingerprint density at radius 3 is 2.76 bits per heavy atom. The Balaban J connectivity index is 2.51. The topological polar surface area (TPSA) is 58.9 Å². The van der Waals surface area contributed by atoms with Gasteiger partial charge in [-0.25, -0.2) is 0 Å². The van der Waals surface area contributed by atoms with Crippen molar-refractivity contribution in [2.75, 3.05) is 0 Å². The second-order valence-electron chi connectivity index (χ2n) is 3.77. The third kappa shape index (κ3) is 1.51. The number of nitrogens with zero attached hydrogens (tertiary/aromatic N) is 1. The molecule has 0 saturated carbocycles. The van der Waals surface area contributed by atoms with Gasteiger partial charge in [-0.1, -0.05) is 28.1 Å². The van der Waals surface area contributed by atoms with E-state index in [4.69, 9.17) is 0 Å². The van der Waals surface area contributed by atoms with Gasteiger partial charge < -0.3 is 4.98 Å². The van der Waals surface area contributed by atoms with Crippen molar-refractivity contribution in [2.45, 2.75) is 0 Å². The van der Waals surface area contributed by atoms with E-state index in [2.05, 4.69) is 20.9 Å². The van der Waals surface area contributed by atoms with E-state index in [0.717, 1.165) is 20.8 Å². The molecule has 17 heavy (non-hydrogen) atoms. The van der Waals surface area contributed by atoms with E-state index in [-0.39, 0.29) is 10.6 Å². The van der Waals surface area contributed by atoms with Gasteiger partial charge in [0.15, 0.2) is 0 Å². The molecule has 5 heteroatoms. The normalized spacial score (nSPS) is 11.1. The van der Waals surface area contributed by atoms with Crippen LogP contribution in [-0.2, 0) is 0 Å². The molecule has 1 heterocycles. The van der Waals surface area contributed by atoms with Crippen LogP contribution in [0, 0.1) is 10.1 Å².